The van der Waals surface area contributed by atoms with Crippen molar-refractivity contribution in [2.45, 2.75) is 40.0 Å². The first-order valence-corrected chi connectivity index (χ1v) is 6.47. The minimum absolute atomic E-state index is 0.0743. The summed E-state index contributed by atoms with van der Waals surface area (Å²) in [6, 6.07) is 0. The van der Waals surface area contributed by atoms with Gasteiger partial charge in [-0.3, -0.25) is 9.59 Å². The van der Waals surface area contributed by atoms with E-state index in [1.165, 1.54) is 0 Å². The molecule has 0 aromatic rings. The molecule has 0 saturated heterocycles. The predicted molar refractivity (Wildman–Crippen MR) is 65.6 cm³/mol. The van der Waals surface area contributed by atoms with Gasteiger partial charge >= 0.3 is 5.97 Å². The van der Waals surface area contributed by atoms with Crippen LogP contribution in [-0.2, 0) is 9.59 Å². The van der Waals surface area contributed by atoms with Crippen molar-refractivity contribution in [3.05, 3.63) is 0 Å². The summed E-state index contributed by atoms with van der Waals surface area (Å²) in [5.41, 5.74) is 0. The van der Waals surface area contributed by atoms with Gasteiger partial charge in [0.2, 0.25) is 5.91 Å². The first-order chi connectivity index (χ1) is 7.95. The molecule has 0 aliphatic heterocycles. The molecule has 4 nitrogen and oxygen atoms in total. The van der Waals surface area contributed by atoms with Gasteiger partial charge in [-0.1, -0.05) is 13.8 Å². The van der Waals surface area contributed by atoms with Crippen molar-refractivity contribution < 1.29 is 14.7 Å². The van der Waals surface area contributed by atoms with Crippen LogP contribution in [0.1, 0.15) is 40.0 Å². The van der Waals surface area contributed by atoms with E-state index in [1.807, 2.05) is 11.8 Å². The van der Waals surface area contributed by atoms with Crippen LogP contribution in [0.25, 0.3) is 0 Å². The Hall–Kier alpha value is -1.06. The standard InChI is InChI=1S/C13H23NO3/c1-4-14(8-9(2)3)12(15)10-5-6-11(7-10)13(16)17/h9-11H,4-8H2,1-3H3,(H,16,17). The zero-order valence-corrected chi connectivity index (χ0v) is 11.0. The normalized spacial score (nSPS) is 24.0. The van der Waals surface area contributed by atoms with E-state index < -0.39 is 5.97 Å². The van der Waals surface area contributed by atoms with Crippen LogP contribution in [0, 0.1) is 17.8 Å². The van der Waals surface area contributed by atoms with E-state index in [1.54, 1.807) is 0 Å². The van der Waals surface area contributed by atoms with Gasteiger partial charge < -0.3 is 10.0 Å². The molecule has 1 rings (SSSR count). The summed E-state index contributed by atoms with van der Waals surface area (Å²) in [7, 11) is 0. The van der Waals surface area contributed by atoms with Crippen molar-refractivity contribution in [3.63, 3.8) is 0 Å². The topological polar surface area (TPSA) is 57.6 Å². The quantitative estimate of drug-likeness (QED) is 0.800. The minimum atomic E-state index is -0.757. The molecule has 0 spiro atoms. The maximum absolute atomic E-state index is 12.2. The maximum atomic E-state index is 12.2. The van der Waals surface area contributed by atoms with Gasteiger partial charge in [-0.15, -0.1) is 0 Å². The minimum Gasteiger partial charge on any atom is -0.481 e. The molecule has 1 fully saturated rings. The first kappa shape index (κ1) is 14.0. The van der Waals surface area contributed by atoms with Crippen LogP contribution in [-0.4, -0.2) is 35.0 Å². The third-order valence-corrected chi connectivity index (χ3v) is 3.41. The Morgan fingerprint density at radius 1 is 1.29 bits per heavy atom. The average Bonchev–Trinajstić information content (AvgIpc) is 2.73. The fourth-order valence-electron chi connectivity index (χ4n) is 2.50. The Morgan fingerprint density at radius 3 is 2.29 bits per heavy atom. The smallest absolute Gasteiger partial charge is 0.306 e. The van der Waals surface area contributed by atoms with Crippen LogP contribution in [0.15, 0.2) is 0 Å². The molecule has 0 aromatic carbocycles. The van der Waals surface area contributed by atoms with Gasteiger partial charge in [0.15, 0.2) is 0 Å². The van der Waals surface area contributed by atoms with Gasteiger partial charge in [0.05, 0.1) is 5.92 Å². The van der Waals surface area contributed by atoms with Crippen LogP contribution in [0.3, 0.4) is 0 Å². The Labute approximate surface area is 103 Å². The second-order valence-electron chi connectivity index (χ2n) is 5.32. The summed E-state index contributed by atoms with van der Waals surface area (Å²) >= 11 is 0. The highest BCUT2D eigenvalue weighted by Gasteiger charge is 2.35. The summed E-state index contributed by atoms with van der Waals surface area (Å²) in [6.45, 7) is 7.63. The highest BCUT2D eigenvalue weighted by atomic mass is 16.4. The largest absolute Gasteiger partial charge is 0.481 e. The van der Waals surface area contributed by atoms with Crippen molar-refractivity contribution >= 4 is 11.9 Å². The van der Waals surface area contributed by atoms with Gasteiger partial charge in [0.25, 0.3) is 0 Å². The second-order valence-corrected chi connectivity index (χ2v) is 5.32. The van der Waals surface area contributed by atoms with E-state index in [0.29, 0.717) is 25.3 Å². The van der Waals surface area contributed by atoms with Crippen LogP contribution in [0.5, 0.6) is 0 Å². The molecular formula is C13H23NO3. The van der Waals surface area contributed by atoms with E-state index in [4.69, 9.17) is 5.11 Å². The molecule has 1 aliphatic carbocycles. The van der Waals surface area contributed by atoms with E-state index in [-0.39, 0.29) is 17.7 Å². The summed E-state index contributed by atoms with van der Waals surface area (Å²) < 4.78 is 0. The first-order valence-electron chi connectivity index (χ1n) is 6.47. The van der Waals surface area contributed by atoms with E-state index >= 15 is 0 Å². The highest BCUT2D eigenvalue weighted by Crippen LogP contribution is 2.32. The maximum Gasteiger partial charge on any atom is 0.306 e. The number of hydrogen-bond donors (Lipinski definition) is 1. The fourth-order valence-corrected chi connectivity index (χ4v) is 2.50. The lowest BCUT2D eigenvalue weighted by atomic mass is 10.0. The number of carbonyl (C=O) groups excluding carboxylic acids is 1. The van der Waals surface area contributed by atoms with Gasteiger partial charge in [0, 0.05) is 19.0 Å². The Bertz CT molecular complexity index is 288. The van der Waals surface area contributed by atoms with Crippen molar-refractivity contribution in [1.29, 1.82) is 0 Å². The molecule has 98 valence electrons. The molecule has 1 N–H and O–H groups in total. The molecule has 4 heteroatoms. The number of carboxylic acids is 1. The Kier molecular flexibility index (Phi) is 4.97. The third-order valence-electron chi connectivity index (χ3n) is 3.41. The van der Waals surface area contributed by atoms with Crippen molar-refractivity contribution in [2.24, 2.45) is 17.8 Å². The van der Waals surface area contributed by atoms with Crippen molar-refractivity contribution in [2.75, 3.05) is 13.1 Å². The van der Waals surface area contributed by atoms with Crippen LogP contribution in [0.2, 0.25) is 0 Å². The number of hydrogen-bond acceptors (Lipinski definition) is 2. The van der Waals surface area contributed by atoms with Crippen molar-refractivity contribution in [1.82, 2.24) is 4.90 Å². The number of nitrogens with zero attached hydrogens (tertiary/aromatic N) is 1. The molecule has 1 aliphatic rings. The average molecular weight is 241 g/mol. The molecule has 0 bridgehead atoms. The number of rotatable bonds is 5. The van der Waals surface area contributed by atoms with Gasteiger partial charge in [-0.2, -0.15) is 0 Å². The lowest BCUT2D eigenvalue weighted by Gasteiger charge is -2.26. The van der Waals surface area contributed by atoms with Gasteiger partial charge in [0.1, 0.15) is 0 Å². The summed E-state index contributed by atoms with van der Waals surface area (Å²) in [6.07, 6.45) is 1.89. The fraction of sp³-hybridized carbons (Fsp3) is 0.846. The molecule has 2 atom stereocenters. The van der Waals surface area contributed by atoms with Gasteiger partial charge in [-0.05, 0) is 32.1 Å². The molecule has 0 radical (unpaired) electrons. The Balaban J connectivity index is 2.55. The summed E-state index contributed by atoms with van der Waals surface area (Å²) in [4.78, 5) is 24.9. The highest BCUT2D eigenvalue weighted by molar-refractivity contribution is 5.81. The molecule has 17 heavy (non-hydrogen) atoms. The van der Waals surface area contributed by atoms with Crippen molar-refractivity contribution in [3.8, 4) is 0 Å². The molecule has 1 saturated carbocycles. The van der Waals surface area contributed by atoms with E-state index in [9.17, 15) is 9.59 Å². The summed E-state index contributed by atoms with van der Waals surface area (Å²) in [5, 5.41) is 8.93. The SMILES string of the molecule is CCN(CC(C)C)C(=O)C1CCC(C(=O)O)C1. The summed E-state index contributed by atoms with van der Waals surface area (Å²) in [5.74, 6) is -0.552. The number of aliphatic carboxylic acids is 1. The molecule has 0 aromatic heterocycles. The van der Waals surface area contributed by atoms with Crippen LogP contribution in [0.4, 0.5) is 0 Å². The molecular weight excluding hydrogens is 218 g/mol. The predicted octanol–water partition coefficient (Wildman–Crippen LogP) is 1.99. The van der Waals surface area contributed by atoms with E-state index in [0.717, 1.165) is 13.0 Å². The Morgan fingerprint density at radius 2 is 1.88 bits per heavy atom. The zero-order chi connectivity index (χ0) is 13.0. The monoisotopic (exact) mass is 241 g/mol. The number of carboxylic acid groups (broad SMARTS) is 1. The molecule has 0 heterocycles. The van der Waals surface area contributed by atoms with Crippen LogP contribution < -0.4 is 0 Å². The lowest BCUT2D eigenvalue weighted by Crippen LogP contribution is -2.37. The second kappa shape index (κ2) is 6.03. The third kappa shape index (κ3) is 3.72. The van der Waals surface area contributed by atoms with Gasteiger partial charge in [-0.25, -0.2) is 0 Å². The number of carbonyl (C=O) groups is 2. The zero-order valence-electron chi connectivity index (χ0n) is 11.0. The van der Waals surface area contributed by atoms with E-state index in [2.05, 4.69) is 13.8 Å². The lowest BCUT2D eigenvalue weighted by molar-refractivity contribution is -0.141. The van der Waals surface area contributed by atoms with Crippen LogP contribution >= 0.6 is 0 Å². The number of amides is 1. The molecule has 2 unspecified atom stereocenters. The molecule has 1 amide bonds.